The van der Waals surface area contributed by atoms with Gasteiger partial charge in [-0.2, -0.15) is 0 Å². The van der Waals surface area contributed by atoms with Crippen LogP contribution in [-0.2, 0) is 11.2 Å². The number of aromatic nitrogens is 1. The highest BCUT2D eigenvalue weighted by Gasteiger charge is 2.26. The van der Waals surface area contributed by atoms with Gasteiger partial charge in [0.15, 0.2) is 0 Å². The van der Waals surface area contributed by atoms with Crippen LogP contribution in [0.4, 0.5) is 8.78 Å². The first kappa shape index (κ1) is 34.3. The molecule has 1 heterocycles. The van der Waals surface area contributed by atoms with Gasteiger partial charge in [-0.25, -0.2) is 13.8 Å². The third-order valence-electron chi connectivity index (χ3n) is 6.90. The number of rotatable bonds is 15. The van der Waals surface area contributed by atoms with Crippen molar-refractivity contribution in [2.75, 3.05) is 26.7 Å². The Bertz CT molecular complexity index is 1400. The molecule has 3 rings (SSSR count). The molecule has 0 unspecified atom stereocenters. The molecule has 4 N–H and O–H groups in total. The van der Waals surface area contributed by atoms with Gasteiger partial charge in [0.25, 0.3) is 11.8 Å². The Labute approximate surface area is 256 Å². The minimum Gasteiger partial charge on any atom is -0.445 e. The summed E-state index contributed by atoms with van der Waals surface area (Å²) in [4.78, 5) is 44.9. The fraction of sp³-hybridized carbons (Fsp3) is 0.438. The maximum absolute atomic E-state index is 14.0. The average molecular weight is 614 g/mol. The van der Waals surface area contributed by atoms with E-state index < -0.39 is 35.7 Å². The molecule has 44 heavy (non-hydrogen) atoms. The number of amides is 3. The summed E-state index contributed by atoms with van der Waals surface area (Å²) in [6.07, 6.45) is 2.16. The van der Waals surface area contributed by atoms with E-state index in [0.717, 1.165) is 24.6 Å². The van der Waals surface area contributed by atoms with Crippen LogP contribution >= 0.6 is 0 Å². The van der Waals surface area contributed by atoms with Gasteiger partial charge in [0, 0.05) is 49.4 Å². The van der Waals surface area contributed by atoms with Gasteiger partial charge in [0.05, 0.1) is 24.4 Å². The summed E-state index contributed by atoms with van der Waals surface area (Å²) in [5.74, 6) is -2.35. The lowest BCUT2D eigenvalue weighted by atomic mass is 9.99. The van der Waals surface area contributed by atoms with E-state index in [2.05, 4.69) is 20.9 Å². The molecule has 12 heteroatoms. The Morgan fingerprint density at radius 1 is 1.00 bits per heavy atom. The first-order valence-corrected chi connectivity index (χ1v) is 14.6. The normalized spacial score (nSPS) is 13.3. The van der Waals surface area contributed by atoms with Crippen molar-refractivity contribution < 1.29 is 32.7 Å². The third kappa shape index (κ3) is 9.95. The van der Waals surface area contributed by atoms with Gasteiger partial charge in [0.1, 0.15) is 17.9 Å². The Kier molecular flexibility index (Phi) is 12.5. The van der Waals surface area contributed by atoms with Crippen molar-refractivity contribution in [2.24, 2.45) is 5.92 Å². The van der Waals surface area contributed by atoms with Crippen molar-refractivity contribution in [2.45, 2.75) is 58.7 Å². The summed E-state index contributed by atoms with van der Waals surface area (Å²) in [5.41, 5.74) is 0.920. The minimum absolute atomic E-state index is 0.0889. The van der Waals surface area contributed by atoms with E-state index in [9.17, 15) is 28.3 Å². The van der Waals surface area contributed by atoms with E-state index in [0.29, 0.717) is 18.7 Å². The van der Waals surface area contributed by atoms with Crippen LogP contribution in [0.2, 0.25) is 0 Å². The van der Waals surface area contributed by atoms with E-state index in [1.54, 1.807) is 20.0 Å². The fourth-order valence-electron chi connectivity index (χ4n) is 4.54. The van der Waals surface area contributed by atoms with Crippen LogP contribution in [0.3, 0.4) is 0 Å². The number of carbonyl (C=O) groups excluding carboxylic acids is 3. The average Bonchev–Trinajstić information content (AvgIpc) is 3.52. The summed E-state index contributed by atoms with van der Waals surface area (Å²) in [6, 6.07) is 5.79. The Morgan fingerprint density at radius 2 is 1.68 bits per heavy atom. The SMILES string of the molecule is CCCN(C)C(=O)c1cc(C(=O)N[C@@H](Cc2cc(F)cc(F)c2)[C@H](O)CN[C@@H](C)C(=O)NCC(C)C)cc(-c2ncco2)c1. The molecule has 3 atom stereocenters. The van der Waals surface area contributed by atoms with Crippen molar-refractivity contribution >= 4 is 17.7 Å². The summed E-state index contributed by atoms with van der Waals surface area (Å²) >= 11 is 0. The molecular weight excluding hydrogens is 572 g/mol. The molecule has 0 fully saturated rings. The second-order valence-corrected chi connectivity index (χ2v) is 11.3. The number of benzene rings is 2. The number of oxazole rings is 1. The second kappa shape index (κ2) is 16.1. The highest BCUT2D eigenvalue weighted by molar-refractivity contribution is 6.01. The highest BCUT2D eigenvalue weighted by Crippen LogP contribution is 2.23. The van der Waals surface area contributed by atoms with Crippen LogP contribution in [0.15, 0.2) is 53.3 Å². The Hall–Kier alpha value is -4.16. The number of aliphatic hydroxyl groups is 1. The molecule has 238 valence electrons. The number of hydrogen-bond acceptors (Lipinski definition) is 7. The van der Waals surface area contributed by atoms with Gasteiger partial charge in [-0.1, -0.05) is 20.8 Å². The minimum atomic E-state index is -1.27. The first-order valence-electron chi connectivity index (χ1n) is 14.6. The molecule has 0 aliphatic carbocycles. The summed E-state index contributed by atoms with van der Waals surface area (Å²) in [7, 11) is 1.66. The van der Waals surface area contributed by atoms with Crippen LogP contribution in [0.1, 0.15) is 60.4 Å². The van der Waals surface area contributed by atoms with Crippen LogP contribution in [0, 0.1) is 17.6 Å². The second-order valence-electron chi connectivity index (χ2n) is 11.3. The van der Waals surface area contributed by atoms with Crippen molar-refractivity contribution in [3.63, 3.8) is 0 Å². The maximum Gasteiger partial charge on any atom is 0.253 e. The molecule has 0 radical (unpaired) electrons. The van der Waals surface area contributed by atoms with Crippen LogP contribution < -0.4 is 16.0 Å². The zero-order chi connectivity index (χ0) is 32.4. The molecule has 0 spiro atoms. The van der Waals surface area contributed by atoms with Gasteiger partial charge in [0.2, 0.25) is 11.8 Å². The molecule has 0 saturated heterocycles. The van der Waals surface area contributed by atoms with E-state index in [1.807, 2.05) is 20.8 Å². The van der Waals surface area contributed by atoms with E-state index in [4.69, 9.17) is 4.42 Å². The molecule has 0 aliphatic rings. The molecule has 0 aliphatic heterocycles. The molecule has 3 amide bonds. The summed E-state index contributed by atoms with van der Waals surface area (Å²) in [5, 5.41) is 19.7. The monoisotopic (exact) mass is 613 g/mol. The topological polar surface area (TPSA) is 137 Å². The summed E-state index contributed by atoms with van der Waals surface area (Å²) in [6.45, 7) is 8.39. The Balaban J connectivity index is 1.88. The smallest absolute Gasteiger partial charge is 0.253 e. The molecule has 1 aromatic heterocycles. The zero-order valence-corrected chi connectivity index (χ0v) is 25.7. The maximum atomic E-state index is 14.0. The molecule has 0 saturated carbocycles. The predicted molar refractivity (Wildman–Crippen MR) is 162 cm³/mol. The van der Waals surface area contributed by atoms with E-state index in [-0.39, 0.29) is 53.3 Å². The third-order valence-corrected chi connectivity index (χ3v) is 6.90. The number of aliphatic hydroxyl groups excluding tert-OH is 1. The predicted octanol–water partition coefficient (Wildman–Crippen LogP) is 3.55. The van der Waals surface area contributed by atoms with Crippen molar-refractivity contribution in [1.29, 1.82) is 0 Å². The Morgan fingerprint density at radius 3 is 2.30 bits per heavy atom. The van der Waals surface area contributed by atoms with Crippen molar-refractivity contribution in [1.82, 2.24) is 25.8 Å². The van der Waals surface area contributed by atoms with Crippen molar-refractivity contribution in [3.05, 3.63) is 77.2 Å². The molecular formula is C32H41F2N5O5. The van der Waals surface area contributed by atoms with Crippen LogP contribution in [0.5, 0.6) is 0 Å². The molecule has 3 aromatic rings. The largest absolute Gasteiger partial charge is 0.445 e. The first-order chi connectivity index (χ1) is 20.9. The standard InChI is InChI=1S/C32H41F2N5O5/c1-6-8-39(5)32(43)24-14-22(13-23(15-24)31-35-7-9-44-31)30(42)38-27(12-21-10-25(33)16-26(34)11-21)28(40)18-36-20(4)29(41)37-17-19(2)3/h7,9-11,13-16,19-20,27-28,36,40H,6,8,12,17-18H2,1-5H3,(H,37,41)(H,38,42)/t20-,27-,28+/m0/s1. The summed E-state index contributed by atoms with van der Waals surface area (Å²) < 4.78 is 33.4. The zero-order valence-electron chi connectivity index (χ0n) is 25.7. The molecule has 0 bridgehead atoms. The number of nitrogens with one attached hydrogen (secondary N) is 3. The van der Waals surface area contributed by atoms with Crippen molar-refractivity contribution in [3.8, 4) is 11.5 Å². The number of halogens is 2. The van der Waals surface area contributed by atoms with E-state index >= 15 is 0 Å². The lowest BCUT2D eigenvalue weighted by Gasteiger charge is -2.26. The van der Waals surface area contributed by atoms with Gasteiger partial charge >= 0.3 is 0 Å². The van der Waals surface area contributed by atoms with Gasteiger partial charge in [-0.15, -0.1) is 0 Å². The van der Waals surface area contributed by atoms with Gasteiger partial charge in [-0.05, 0) is 61.6 Å². The van der Waals surface area contributed by atoms with Gasteiger partial charge in [-0.3, -0.25) is 14.4 Å². The van der Waals surface area contributed by atoms with Crippen LogP contribution in [-0.4, -0.2) is 77.6 Å². The molecule has 10 nitrogen and oxygen atoms in total. The number of hydrogen-bond donors (Lipinski definition) is 4. The quantitative estimate of drug-likeness (QED) is 0.206. The van der Waals surface area contributed by atoms with E-state index in [1.165, 1.54) is 29.5 Å². The van der Waals surface area contributed by atoms with Gasteiger partial charge < -0.3 is 30.4 Å². The molecule has 2 aromatic carbocycles. The number of carbonyl (C=O) groups is 3. The lowest BCUT2D eigenvalue weighted by molar-refractivity contribution is -0.123. The fourth-order valence-corrected chi connectivity index (χ4v) is 4.54. The highest BCUT2D eigenvalue weighted by atomic mass is 19.1. The number of nitrogens with zero attached hydrogens (tertiary/aromatic N) is 2. The van der Waals surface area contributed by atoms with Crippen LogP contribution in [0.25, 0.3) is 11.5 Å². The lowest BCUT2D eigenvalue weighted by Crippen LogP contribution is -2.52.